The van der Waals surface area contributed by atoms with Crippen molar-refractivity contribution in [2.24, 2.45) is 0 Å². The van der Waals surface area contributed by atoms with E-state index in [1.54, 1.807) is 17.0 Å². The van der Waals surface area contributed by atoms with E-state index in [0.29, 0.717) is 29.4 Å². The Kier molecular flexibility index (Phi) is 4.95. The maximum absolute atomic E-state index is 12.9. The van der Waals surface area contributed by atoms with E-state index in [2.05, 4.69) is 16.9 Å². The standard InChI is InChI=1S/C23H18F3N3O/c1-15-7-8-17-13-20(22(30)27-14-16-5-3-2-4-6-16)28-21(17)29(15)19-11-9-18(10-12-19)23(24,25)26/h2-13,28H,1,14H2,(H,27,30). The van der Waals surface area contributed by atoms with E-state index in [-0.39, 0.29) is 5.91 Å². The fraction of sp³-hybridized carbons (Fsp3) is 0.0870. The molecular weight excluding hydrogens is 391 g/mol. The molecule has 0 saturated carbocycles. The van der Waals surface area contributed by atoms with E-state index in [1.165, 1.54) is 12.1 Å². The number of carbonyl (C=O) groups is 1. The number of nitrogens with zero attached hydrogens (tertiary/aromatic N) is 1. The molecule has 0 bridgehead atoms. The highest BCUT2D eigenvalue weighted by Gasteiger charge is 2.31. The van der Waals surface area contributed by atoms with Gasteiger partial charge in [-0.15, -0.1) is 0 Å². The number of fused-ring (bicyclic) bond motifs is 1. The Morgan fingerprint density at radius 3 is 2.40 bits per heavy atom. The lowest BCUT2D eigenvalue weighted by atomic mass is 10.1. The molecule has 1 aliphatic rings. The lowest BCUT2D eigenvalue weighted by Crippen LogP contribution is -2.23. The summed E-state index contributed by atoms with van der Waals surface area (Å²) in [6, 6.07) is 16.0. The van der Waals surface area contributed by atoms with Gasteiger partial charge in [0.25, 0.3) is 5.91 Å². The average Bonchev–Trinajstić information content (AvgIpc) is 3.16. The quantitative estimate of drug-likeness (QED) is 0.586. The number of halogens is 3. The van der Waals surface area contributed by atoms with Crippen molar-refractivity contribution >= 4 is 23.5 Å². The second kappa shape index (κ2) is 7.59. The molecule has 4 rings (SSSR count). The fourth-order valence-electron chi connectivity index (χ4n) is 3.27. The molecule has 7 heteroatoms. The van der Waals surface area contributed by atoms with E-state index in [9.17, 15) is 18.0 Å². The van der Waals surface area contributed by atoms with Gasteiger partial charge in [0, 0.05) is 23.5 Å². The SMILES string of the molecule is C=C1C=Cc2cc(C(=O)NCc3ccccc3)[nH]c2N1c1ccc(C(F)(F)F)cc1. The molecule has 0 unspecified atom stereocenters. The van der Waals surface area contributed by atoms with Crippen LogP contribution in [-0.4, -0.2) is 10.9 Å². The Labute approximate surface area is 171 Å². The van der Waals surface area contributed by atoms with Crippen LogP contribution in [0.3, 0.4) is 0 Å². The third kappa shape index (κ3) is 3.87. The summed E-state index contributed by atoms with van der Waals surface area (Å²) < 4.78 is 38.6. The minimum atomic E-state index is -4.40. The van der Waals surface area contributed by atoms with Crippen molar-refractivity contribution in [3.05, 3.63) is 101 Å². The molecule has 4 nitrogen and oxygen atoms in total. The van der Waals surface area contributed by atoms with Gasteiger partial charge in [-0.05, 0) is 48.0 Å². The fourth-order valence-corrected chi connectivity index (χ4v) is 3.27. The topological polar surface area (TPSA) is 48.1 Å². The van der Waals surface area contributed by atoms with Crippen LogP contribution in [0.25, 0.3) is 6.08 Å². The number of alkyl halides is 3. The van der Waals surface area contributed by atoms with Crippen LogP contribution >= 0.6 is 0 Å². The number of aromatic amines is 1. The number of rotatable bonds is 4. The normalized spacial score (nSPS) is 13.3. The molecule has 2 aromatic carbocycles. The molecule has 0 radical (unpaired) electrons. The van der Waals surface area contributed by atoms with Crippen molar-refractivity contribution in [3.8, 4) is 0 Å². The van der Waals surface area contributed by atoms with Crippen molar-refractivity contribution in [1.82, 2.24) is 10.3 Å². The van der Waals surface area contributed by atoms with Crippen LogP contribution in [0.4, 0.5) is 24.7 Å². The molecule has 0 spiro atoms. The van der Waals surface area contributed by atoms with Crippen LogP contribution < -0.4 is 10.2 Å². The van der Waals surface area contributed by atoms with Gasteiger partial charge in [-0.3, -0.25) is 9.69 Å². The first-order valence-corrected chi connectivity index (χ1v) is 9.22. The molecule has 1 aromatic heterocycles. The molecular formula is C23H18F3N3O. The van der Waals surface area contributed by atoms with E-state index in [4.69, 9.17) is 0 Å². The van der Waals surface area contributed by atoms with Gasteiger partial charge in [-0.25, -0.2) is 0 Å². The monoisotopic (exact) mass is 409 g/mol. The van der Waals surface area contributed by atoms with Crippen LogP contribution in [0.15, 0.2) is 79.0 Å². The number of allylic oxidation sites excluding steroid dienone is 1. The van der Waals surface area contributed by atoms with Gasteiger partial charge in [0.1, 0.15) is 11.5 Å². The van der Waals surface area contributed by atoms with Crippen molar-refractivity contribution in [2.75, 3.05) is 4.90 Å². The number of H-pyrrole nitrogens is 1. The van der Waals surface area contributed by atoms with E-state index in [1.807, 2.05) is 36.4 Å². The number of hydrogen-bond acceptors (Lipinski definition) is 2. The van der Waals surface area contributed by atoms with Gasteiger partial charge >= 0.3 is 6.18 Å². The van der Waals surface area contributed by atoms with Crippen LogP contribution in [0, 0.1) is 0 Å². The van der Waals surface area contributed by atoms with Crippen LogP contribution in [0.2, 0.25) is 0 Å². The van der Waals surface area contributed by atoms with Gasteiger partial charge in [0.15, 0.2) is 0 Å². The van der Waals surface area contributed by atoms with E-state index < -0.39 is 11.7 Å². The van der Waals surface area contributed by atoms with Gasteiger partial charge in [0.2, 0.25) is 0 Å². The molecule has 1 aliphatic heterocycles. The Morgan fingerprint density at radius 1 is 1.03 bits per heavy atom. The highest BCUT2D eigenvalue weighted by atomic mass is 19.4. The van der Waals surface area contributed by atoms with Gasteiger partial charge in [-0.2, -0.15) is 13.2 Å². The number of amides is 1. The predicted molar refractivity (Wildman–Crippen MR) is 110 cm³/mol. The Bertz CT molecular complexity index is 1110. The number of aromatic nitrogens is 1. The number of nitrogens with one attached hydrogen (secondary N) is 2. The van der Waals surface area contributed by atoms with Crippen LogP contribution in [0.5, 0.6) is 0 Å². The number of carbonyl (C=O) groups excluding carboxylic acids is 1. The summed E-state index contributed by atoms with van der Waals surface area (Å²) in [5.74, 6) is 0.298. The molecule has 2 N–H and O–H groups in total. The predicted octanol–water partition coefficient (Wildman–Crippen LogP) is 5.64. The van der Waals surface area contributed by atoms with Crippen molar-refractivity contribution in [1.29, 1.82) is 0 Å². The molecule has 30 heavy (non-hydrogen) atoms. The summed E-state index contributed by atoms with van der Waals surface area (Å²) in [6.07, 6.45) is -0.846. The Balaban J connectivity index is 1.58. The molecule has 2 heterocycles. The van der Waals surface area contributed by atoms with Crippen LogP contribution in [0.1, 0.15) is 27.2 Å². The van der Waals surface area contributed by atoms with Crippen molar-refractivity contribution in [2.45, 2.75) is 12.7 Å². The summed E-state index contributed by atoms with van der Waals surface area (Å²) in [5, 5.41) is 2.85. The zero-order valence-electron chi connectivity index (χ0n) is 15.8. The maximum Gasteiger partial charge on any atom is 0.416 e. The summed E-state index contributed by atoms with van der Waals surface area (Å²) >= 11 is 0. The van der Waals surface area contributed by atoms with Gasteiger partial charge < -0.3 is 10.3 Å². The minimum Gasteiger partial charge on any atom is -0.347 e. The molecule has 3 aromatic rings. The lowest BCUT2D eigenvalue weighted by molar-refractivity contribution is -0.137. The Morgan fingerprint density at radius 2 is 1.73 bits per heavy atom. The number of benzene rings is 2. The van der Waals surface area contributed by atoms with Crippen molar-refractivity contribution in [3.63, 3.8) is 0 Å². The molecule has 0 aliphatic carbocycles. The highest BCUT2D eigenvalue weighted by Crippen LogP contribution is 2.38. The Hall–Kier alpha value is -3.74. The first-order chi connectivity index (χ1) is 14.3. The first kappa shape index (κ1) is 19.6. The third-order valence-corrected chi connectivity index (χ3v) is 4.79. The van der Waals surface area contributed by atoms with Gasteiger partial charge in [0.05, 0.1) is 5.56 Å². The summed E-state index contributed by atoms with van der Waals surface area (Å²) in [4.78, 5) is 17.3. The van der Waals surface area contributed by atoms with Gasteiger partial charge in [-0.1, -0.05) is 36.9 Å². The molecule has 0 atom stereocenters. The lowest BCUT2D eigenvalue weighted by Gasteiger charge is -2.27. The minimum absolute atomic E-state index is 0.278. The summed E-state index contributed by atoms with van der Waals surface area (Å²) in [6.45, 7) is 4.35. The largest absolute Gasteiger partial charge is 0.416 e. The molecule has 0 saturated heterocycles. The number of hydrogen-bond donors (Lipinski definition) is 2. The molecule has 1 amide bonds. The molecule has 152 valence electrons. The molecule has 0 fully saturated rings. The summed E-state index contributed by atoms with van der Waals surface area (Å²) in [7, 11) is 0. The maximum atomic E-state index is 12.9. The van der Waals surface area contributed by atoms with Crippen molar-refractivity contribution < 1.29 is 18.0 Å². The van der Waals surface area contributed by atoms with E-state index >= 15 is 0 Å². The smallest absolute Gasteiger partial charge is 0.347 e. The number of anilines is 2. The summed E-state index contributed by atoms with van der Waals surface area (Å²) in [5.41, 5.74) is 2.43. The second-order valence-corrected chi connectivity index (χ2v) is 6.86. The highest BCUT2D eigenvalue weighted by molar-refractivity contribution is 5.96. The van der Waals surface area contributed by atoms with Crippen LogP contribution in [-0.2, 0) is 12.7 Å². The second-order valence-electron chi connectivity index (χ2n) is 6.86. The first-order valence-electron chi connectivity index (χ1n) is 9.22. The zero-order valence-corrected chi connectivity index (χ0v) is 15.8. The van der Waals surface area contributed by atoms with E-state index in [0.717, 1.165) is 23.3 Å². The third-order valence-electron chi connectivity index (χ3n) is 4.79. The average molecular weight is 409 g/mol. The zero-order chi connectivity index (χ0) is 21.3.